The zero-order chi connectivity index (χ0) is 28.9. The van der Waals surface area contributed by atoms with E-state index in [1.54, 1.807) is 37.6 Å². The molecule has 0 atom stereocenters. The van der Waals surface area contributed by atoms with E-state index in [1.165, 1.54) is 17.6 Å². The van der Waals surface area contributed by atoms with Crippen LogP contribution in [0.5, 0.6) is 11.5 Å². The second kappa shape index (κ2) is 12.4. The highest BCUT2D eigenvalue weighted by Gasteiger charge is 2.21. The predicted molar refractivity (Wildman–Crippen MR) is 151 cm³/mol. The van der Waals surface area contributed by atoms with E-state index >= 15 is 0 Å². The lowest BCUT2D eigenvalue weighted by Crippen LogP contribution is -2.19. The zero-order valence-corrected chi connectivity index (χ0v) is 23.5. The number of anilines is 1. The Kier molecular flexibility index (Phi) is 9.49. The number of aromatic nitrogens is 2. The van der Waals surface area contributed by atoms with E-state index in [0.717, 1.165) is 12.1 Å². The number of aromatic amines is 1. The van der Waals surface area contributed by atoms with Gasteiger partial charge in [0.25, 0.3) is 5.56 Å². The van der Waals surface area contributed by atoms with E-state index in [2.05, 4.69) is 15.0 Å². The first-order chi connectivity index (χ1) is 18.4. The molecule has 2 heterocycles. The van der Waals surface area contributed by atoms with E-state index in [-0.39, 0.29) is 22.8 Å². The van der Waals surface area contributed by atoms with Crippen molar-refractivity contribution in [2.24, 2.45) is 7.05 Å². The first-order valence-corrected chi connectivity index (χ1v) is 13.8. The average molecular weight is 562 g/mol. The normalized spacial score (nSPS) is 11.4. The number of nitrogens with zero attached hydrogens (tertiary/aromatic N) is 2. The van der Waals surface area contributed by atoms with Gasteiger partial charge in [0.2, 0.25) is 10.0 Å². The molecule has 4 rings (SSSR count). The summed E-state index contributed by atoms with van der Waals surface area (Å²) in [6, 6.07) is 7.93. The van der Waals surface area contributed by atoms with Crippen molar-refractivity contribution < 1.29 is 21.9 Å². The van der Waals surface area contributed by atoms with Crippen molar-refractivity contribution in [3.8, 4) is 22.6 Å². The molecule has 12 heteroatoms. The zero-order valence-electron chi connectivity index (χ0n) is 22.7. The maximum absolute atomic E-state index is 14.5. The van der Waals surface area contributed by atoms with Crippen LogP contribution < -0.4 is 20.3 Å². The fraction of sp³-hybridized carbons (Fsp3) is 0.296. The number of hydrogen-bond donors (Lipinski definition) is 3. The maximum Gasteiger partial charge on any atom is 0.274 e. The minimum Gasteiger partial charge on any atom is -0.454 e. The molecule has 0 saturated heterocycles. The number of sulfonamides is 1. The average Bonchev–Trinajstić information content (AvgIpc) is 3.35. The lowest BCUT2D eigenvalue weighted by atomic mass is 9.99. The number of H-pyrrole nitrogens is 1. The van der Waals surface area contributed by atoms with Crippen LogP contribution in [0, 0.1) is 11.6 Å². The fourth-order valence-corrected chi connectivity index (χ4v) is 4.55. The van der Waals surface area contributed by atoms with Gasteiger partial charge in [-0.2, -0.15) is 0 Å². The largest absolute Gasteiger partial charge is 0.454 e. The summed E-state index contributed by atoms with van der Waals surface area (Å²) in [5.74, 6) is -1.77. The summed E-state index contributed by atoms with van der Waals surface area (Å²) in [5.41, 5.74) is 1.97. The highest BCUT2D eigenvalue weighted by molar-refractivity contribution is 7.92. The Morgan fingerprint density at radius 3 is 2.36 bits per heavy atom. The van der Waals surface area contributed by atoms with Crippen LogP contribution in [0.3, 0.4) is 0 Å². The van der Waals surface area contributed by atoms with Gasteiger partial charge in [-0.3, -0.25) is 9.52 Å². The first kappa shape index (κ1) is 29.8. The van der Waals surface area contributed by atoms with Crippen LogP contribution in [0.15, 0.2) is 53.6 Å². The second-order valence-corrected chi connectivity index (χ2v) is 11.2. The summed E-state index contributed by atoms with van der Waals surface area (Å²) in [4.78, 5) is 17.4. The number of nitrogens with one attached hydrogen (secondary N) is 3. The smallest absolute Gasteiger partial charge is 0.274 e. The second-order valence-electron chi connectivity index (χ2n) is 9.15. The molecule has 2 aromatic carbocycles. The van der Waals surface area contributed by atoms with Gasteiger partial charge in [0.05, 0.1) is 11.4 Å². The molecular weight excluding hydrogens is 528 g/mol. The van der Waals surface area contributed by atoms with Crippen molar-refractivity contribution in [3.05, 3.63) is 76.3 Å². The minimum absolute atomic E-state index is 0.134. The number of fused-ring (bicyclic) bond motifs is 1. The summed E-state index contributed by atoms with van der Waals surface area (Å²) >= 11 is 0. The van der Waals surface area contributed by atoms with Crippen LogP contribution in [0.2, 0.25) is 0 Å². The highest BCUT2D eigenvalue weighted by Crippen LogP contribution is 2.41. The minimum atomic E-state index is -3.63. The molecule has 0 aliphatic carbocycles. The lowest BCUT2D eigenvalue weighted by molar-refractivity contribution is 0.400. The molecule has 39 heavy (non-hydrogen) atoms. The van der Waals surface area contributed by atoms with E-state index in [0.29, 0.717) is 39.8 Å². The number of halogens is 2. The molecule has 0 radical (unpaired) electrons. The Labute approximate surface area is 226 Å². The number of ether oxygens (including phenoxy) is 1. The summed E-state index contributed by atoms with van der Waals surface area (Å²) in [5, 5.41) is 3.33. The summed E-state index contributed by atoms with van der Waals surface area (Å²) in [6.45, 7) is 1.87. The third-order valence-corrected chi connectivity index (χ3v) is 6.93. The number of benzene rings is 2. The topological polar surface area (TPSA) is 108 Å². The van der Waals surface area contributed by atoms with Crippen LogP contribution in [0.1, 0.15) is 12.5 Å². The maximum atomic E-state index is 14.5. The van der Waals surface area contributed by atoms with Gasteiger partial charge in [-0.25, -0.2) is 17.2 Å². The Balaban J connectivity index is 0.00000134. The van der Waals surface area contributed by atoms with Gasteiger partial charge in [-0.1, -0.05) is 0 Å². The van der Waals surface area contributed by atoms with Gasteiger partial charge in [0, 0.05) is 48.6 Å². The molecule has 9 nitrogen and oxygen atoms in total. The Morgan fingerprint density at radius 2 is 1.74 bits per heavy atom. The number of pyridine rings is 1. The molecule has 0 unspecified atom stereocenters. The lowest BCUT2D eigenvalue weighted by Gasteiger charge is -2.21. The Morgan fingerprint density at radius 1 is 1.05 bits per heavy atom. The van der Waals surface area contributed by atoms with Crippen molar-refractivity contribution in [2.45, 2.75) is 13.5 Å². The van der Waals surface area contributed by atoms with E-state index < -0.39 is 21.7 Å². The molecule has 0 aliphatic heterocycles. The number of rotatable bonds is 8. The third-order valence-electron chi connectivity index (χ3n) is 5.64. The van der Waals surface area contributed by atoms with Crippen LogP contribution in [0.4, 0.5) is 14.5 Å². The fourth-order valence-electron chi connectivity index (χ4n) is 3.88. The molecular formula is C27H33F2N5O4S. The van der Waals surface area contributed by atoms with Crippen LogP contribution >= 0.6 is 0 Å². The van der Waals surface area contributed by atoms with Gasteiger partial charge in [-0.05, 0) is 71.0 Å². The summed E-state index contributed by atoms with van der Waals surface area (Å²) in [7, 11) is 5.35. The van der Waals surface area contributed by atoms with Gasteiger partial charge in [-0.15, -0.1) is 0 Å². The molecule has 0 saturated carbocycles. The Bertz CT molecular complexity index is 1630. The number of aryl methyl sites for hydroxylation is 1. The first-order valence-electron chi connectivity index (χ1n) is 12.1. The molecule has 0 spiro atoms. The molecule has 0 aliphatic rings. The quantitative estimate of drug-likeness (QED) is 0.297. The van der Waals surface area contributed by atoms with Crippen molar-refractivity contribution in [3.63, 3.8) is 0 Å². The SMILES string of the molecule is CCS(=O)(=O)Nc1cc(-c2cn(C)c(=O)c3[nH]ccc23)c(Oc2ccc(F)cc2F)cc1CN(C)C.CNC. The van der Waals surface area contributed by atoms with Crippen LogP contribution in [-0.4, -0.2) is 56.8 Å². The molecule has 210 valence electrons. The van der Waals surface area contributed by atoms with E-state index in [1.807, 2.05) is 33.1 Å². The molecule has 0 bridgehead atoms. The van der Waals surface area contributed by atoms with E-state index in [9.17, 15) is 22.0 Å². The van der Waals surface area contributed by atoms with E-state index in [4.69, 9.17) is 4.74 Å². The Hall–Kier alpha value is -3.74. The van der Waals surface area contributed by atoms with Crippen molar-refractivity contribution in [1.29, 1.82) is 0 Å². The molecule has 0 fully saturated rings. The van der Waals surface area contributed by atoms with Crippen molar-refractivity contribution in [1.82, 2.24) is 19.8 Å². The molecule has 2 aromatic heterocycles. The van der Waals surface area contributed by atoms with Gasteiger partial charge in [0.15, 0.2) is 11.6 Å². The molecule has 3 N–H and O–H groups in total. The monoisotopic (exact) mass is 561 g/mol. The number of hydrogen-bond acceptors (Lipinski definition) is 6. The van der Waals surface area contributed by atoms with Gasteiger partial charge >= 0.3 is 0 Å². The predicted octanol–water partition coefficient (Wildman–Crippen LogP) is 4.26. The summed E-state index contributed by atoms with van der Waals surface area (Å²) < 4.78 is 63.0. The highest BCUT2D eigenvalue weighted by atomic mass is 32.2. The van der Waals surface area contributed by atoms with Gasteiger partial charge < -0.3 is 24.5 Å². The summed E-state index contributed by atoms with van der Waals surface area (Å²) in [6.07, 6.45) is 3.22. The third kappa shape index (κ3) is 7.02. The molecule has 4 aromatic rings. The van der Waals surface area contributed by atoms with Gasteiger partial charge in [0.1, 0.15) is 17.1 Å². The van der Waals surface area contributed by atoms with Crippen LogP contribution in [-0.2, 0) is 23.6 Å². The standard InChI is InChI=1S/C25H26F2N4O4S.C2H7N/c1-5-36(33,34)29-21-12-18(19-14-31(4)25(32)24-17(19)8-9-28-24)23(10-15(21)13-30(2)3)35-22-7-6-16(26)11-20(22)27;1-3-2/h6-12,14,28-29H,5,13H2,1-4H3;3H,1-2H3. The van der Waals surface area contributed by atoms with Crippen molar-refractivity contribution >= 4 is 26.6 Å². The van der Waals surface area contributed by atoms with Crippen LogP contribution in [0.25, 0.3) is 22.0 Å². The molecule has 0 amide bonds. The van der Waals surface area contributed by atoms with Crippen molar-refractivity contribution in [2.75, 3.05) is 38.7 Å².